The van der Waals surface area contributed by atoms with Crippen LogP contribution in [0.4, 0.5) is 0 Å². The Morgan fingerprint density at radius 1 is 0.733 bits per heavy atom. The van der Waals surface area contributed by atoms with Gasteiger partial charge in [0.1, 0.15) is 11.8 Å². The van der Waals surface area contributed by atoms with Crippen LogP contribution < -0.4 is 0 Å². The number of aromatic nitrogens is 2. The fraction of sp³-hybridized carbons (Fsp3) is 0.250. The smallest absolute Gasteiger partial charge is 0.315 e. The van der Waals surface area contributed by atoms with Crippen molar-refractivity contribution in [2.24, 2.45) is 0 Å². The monoisotopic (exact) mass is 402 g/mol. The number of aryl methyl sites for hydroxylation is 2. The molecule has 0 saturated carbocycles. The molecule has 6 heteroatoms. The first-order valence-corrected chi connectivity index (χ1v) is 9.98. The van der Waals surface area contributed by atoms with Crippen LogP contribution in [0.1, 0.15) is 34.4 Å². The zero-order valence-corrected chi connectivity index (χ0v) is 16.8. The number of aromatic amines is 2. The Balaban J connectivity index is 1.83. The normalized spacial score (nSPS) is 18.3. The molecule has 2 aromatic heterocycles. The fourth-order valence-corrected chi connectivity index (χ4v) is 4.86. The summed E-state index contributed by atoms with van der Waals surface area (Å²) < 4.78 is 10.3. The van der Waals surface area contributed by atoms with Gasteiger partial charge in [0.15, 0.2) is 0 Å². The number of benzene rings is 2. The maximum atomic E-state index is 13.1. The third-order valence-corrected chi connectivity index (χ3v) is 6.18. The van der Waals surface area contributed by atoms with Gasteiger partial charge in [-0.1, -0.05) is 36.4 Å². The van der Waals surface area contributed by atoms with E-state index >= 15 is 0 Å². The first-order chi connectivity index (χ1) is 14.6. The number of hydrogen-bond acceptors (Lipinski definition) is 4. The molecule has 0 saturated heterocycles. The van der Waals surface area contributed by atoms with Crippen LogP contribution in [-0.4, -0.2) is 36.1 Å². The molecule has 2 heterocycles. The van der Waals surface area contributed by atoms with Crippen LogP contribution in [0, 0.1) is 0 Å². The van der Waals surface area contributed by atoms with Gasteiger partial charge < -0.3 is 19.4 Å². The lowest BCUT2D eigenvalue weighted by atomic mass is 9.79. The fourth-order valence-electron chi connectivity index (χ4n) is 4.86. The molecule has 2 aromatic carbocycles. The van der Waals surface area contributed by atoms with E-state index in [2.05, 4.69) is 9.97 Å². The van der Waals surface area contributed by atoms with Crippen molar-refractivity contribution >= 4 is 33.7 Å². The summed E-state index contributed by atoms with van der Waals surface area (Å²) in [5, 5.41) is 2.13. The van der Waals surface area contributed by atoms with E-state index in [4.69, 9.17) is 9.47 Å². The van der Waals surface area contributed by atoms with Crippen LogP contribution in [0.5, 0.6) is 0 Å². The summed E-state index contributed by atoms with van der Waals surface area (Å²) in [4.78, 5) is 32.9. The van der Waals surface area contributed by atoms with Crippen molar-refractivity contribution in [2.75, 3.05) is 14.2 Å². The molecule has 4 aromatic rings. The molecule has 0 aliphatic heterocycles. The second-order valence-corrected chi connectivity index (χ2v) is 7.63. The first-order valence-electron chi connectivity index (χ1n) is 9.98. The second-order valence-electron chi connectivity index (χ2n) is 7.63. The number of nitrogens with one attached hydrogen (secondary N) is 2. The second kappa shape index (κ2) is 7.06. The number of hydrogen-bond donors (Lipinski definition) is 2. The predicted octanol–water partition coefficient (Wildman–Crippen LogP) is 3.96. The number of methoxy groups -OCH3 is 2. The van der Waals surface area contributed by atoms with Crippen molar-refractivity contribution in [3.8, 4) is 0 Å². The maximum Gasteiger partial charge on any atom is 0.315 e. The molecule has 0 spiro atoms. The summed E-state index contributed by atoms with van der Waals surface area (Å²) in [5.74, 6) is -2.61. The van der Waals surface area contributed by atoms with E-state index in [1.807, 2.05) is 48.5 Å². The molecular formula is C24H22N2O4. The third kappa shape index (κ3) is 2.64. The zero-order chi connectivity index (χ0) is 20.8. The quantitative estimate of drug-likeness (QED) is 0.497. The minimum Gasteiger partial charge on any atom is -0.468 e. The van der Waals surface area contributed by atoms with Gasteiger partial charge in [-0.3, -0.25) is 9.59 Å². The Morgan fingerprint density at radius 2 is 1.13 bits per heavy atom. The molecule has 1 aliphatic rings. The van der Waals surface area contributed by atoms with Crippen LogP contribution in [0.15, 0.2) is 48.5 Å². The number of rotatable bonds is 2. The summed E-state index contributed by atoms with van der Waals surface area (Å²) >= 11 is 0. The Bertz CT molecular complexity index is 1180. The Hall–Kier alpha value is -3.54. The summed E-state index contributed by atoms with van der Waals surface area (Å²) in [6.45, 7) is 0. The molecule has 152 valence electrons. The summed E-state index contributed by atoms with van der Waals surface area (Å²) in [6.07, 6.45) is 1.49. The van der Waals surface area contributed by atoms with Gasteiger partial charge >= 0.3 is 11.9 Å². The highest BCUT2D eigenvalue weighted by atomic mass is 16.5. The van der Waals surface area contributed by atoms with Crippen molar-refractivity contribution in [3.63, 3.8) is 0 Å². The average Bonchev–Trinajstić information content (AvgIpc) is 3.31. The maximum absolute atomic E-state index is 13.1. The molecule has 6 nitrogen and oxygen atoms in total. The number of carbonyl (C=O) groups excluding carboxylic acids is 2. The van der Waals surface area contributed by atoms with Crippen molar-refractivity contribution in [1.29, 1.82) is 0 Å². The van der Waals surface area contributed by atoms with Gasteiger partial charge in [0, 0.05) is 33.2 Å². The predicted molar refractivity (Wildman–Crippen MR) is 114 cm³/mol. The lowest BCUT2D eigenvalue weighted by Gasteiger charge is -2.26. The Kier molecular flexibility index (Phi) is 4.35. The standard InChI is InChI=1S/C24H22N2O4/c1-29-23(27)19-20(24(28)30-2)22-16(14-8-4-6-10-18(14)26-22)12-11-15-13-7-3-5-9-17(13)25-21(15)19/h3-10,19-20,25-26H,11-12H2,1-2H3. The molecule has 0 radical (unpaired) electrons. The minimum atomic E-state index is -0.836. The summed E-state index contributed by atoms with van der Waals surface area (Å²) in [6, 6.07) is 15.9. The van der Waals surface area contributed by atoms with E-state index in [1.165, 1.54) is 14.2 Å². The van der Waals surface area contributed by atoms with Crippen molar-refractivity contribution < 1.29 is 19.1 Å². The van der Waals surface area contributed by atoms with Crippen molar-refractivity contribution in [2.45, 2.75) is 24.7 Å². The van der Waals surface area contributed by atoms with Gasteiger partial charge in [-0.2, -0.15) is 0 Å². The number of ether oxygens (including phenoxy) is 2. The molecule has 1 aliphatic carbocycles. The summed E-state index contributed by atoms with van der Waals surface area (Å²) in [5.41, 5.74) is 5.42. The lowest BCUT2D eigenvalue weighted by molar-refractivity contribution is -0.151. The summed E-state index contributed by atoms with van der Waals surface area (Å²) in [7, 11) is 2.70. The molecule has 0 bridgehead atoms. The van der Waals surface area contributed by atoms with Gasteiger partial charge in [0.05, 0.1) is 14.2 Å². The number of fused-ring (bicyclic) bond motifs is 6. The van der Waals surface area contributed by atoms with Crippen LogP contribution in [0.3, 0.4) is 0 Å². The molecule has 2 unspecified atom stereocenters. The zero-order valence-electron chi connectivity index (χ0n) is 16.8. The van der Waals surface area contributed by atoms with Crippen LogP contribution in [0.25, 0.3) is 21.8 Å². The SMILES string of the molecule is COC(=O)C1c2[nH]c3ccccc3c2CCc2c([nH]c3ccccc23)C1C(=O)OC. The minimum absolute atomic E-state index is 0.468. The molecule has 5 rings (SSSR count). The Morgan fingerprint density at radius 3 is 1.53 bits per heavy atom. The third-order valence-electron chi connectivity index (χ3n) is 6.18. The molecule has 2 N–H and O–H groups in total. The van der Waals surface area contributed by atoms with Crippen LogP contribution in [-0.2, 0) is 31.9 Å². The van der Waals surface area contributed by atoms with E-state index in [0.29, 0.717) is 0 Å². The average molecular weight is 402 g/mol. The van der Waals surface area contributed by atoms with Gasteiger partial charge in [0.2, 0.25) is 0 Å². The van der Waals surface area contributed by atoms with E-state index in [-0.39, 0.29) is 0 Å². The molecule has 0 amide bonds. The molecular weight excluding hydrogens is 380 g/mol. The lowest BCUT2D eigenvalue weighted by Crippen LogP contribution is -2.31. The molecule has 2 atom stereocenters. The Labute approximate surface area is 173 Å². The van der Waals surface area contributed by atoms with E-state index in [1.54, 1.807) is 0 Å². The van der Waals surface area contributed by atoms with Crippen molar-refractivity contribution in [1.82, 2.24) is 9.97 Å². The highest BCUT2D eigenvalue weighted by Gasteiger charge is 2.43. The number of H-pyrrole nitrogens is 2. The van der Waals surface area contributed by atoms with Crippen molar-refractivity contribution in [3.05, 3.63) is 71.0 Å². The highest BCUT2D eigenvalue weighted by molar-refractivity contribution is 5.96. The van der Waals surface area contributed by atoms with Gasteiger partial charge in [0.25, 0.3) is 0 Å². The number of para-hydroxylation sites is 2. The number of carbonyl (C=O) groups is 2. The first kappa shape index (κ1) is 18.5. The highest BCUT2D eigenvalue weighted by Crippen LogP contribution is 2.43. The molecule has 0 fully saturated rings. The topological polar surface area (TPSA) is 84.2 Å². The number of esters is 2. The van der Waals surface area contributed by atoms with Gasteiger partial charge in [-0.25, -0.2) is 0 Å². The van der Waals surface area contributed by atoms with Crippen LogP contribution in [0.2, 0.25) is 0 Å². The largest absolute Gasteiger partial charge is 0.468 e. The van der Waals surface area contributed by atoms with Gasteiger partial charge in [-0.05, 0) is 36.1 Å². The van der Waals surface area contributed by atoms with E-state index in [9.17, 15) is 9.59 Å². The molecule has 30 heavy (non-hydrogen) atoms. The van der Waals surface area contributed by atoms with Gasteiger partial charge in [-0.15, -0.1) is 0 Å². The van der Waals surface area contributed by atoms with Crippen LogP contribution >= 0.6 is 0 Å². The van der Waals surface area contributed by atoms with E-state index in [0.717, 1.165) is 57.2 Å². The van der Waals surface area contributed by atoms with E-state index < -0.39 is 23.8 Å².